The van der Waals surface area contributed by atoms with Crippen LogP contribution in [0.25, 0.3) is 11.1 Å². The zero-order valence-electron chi connectivity index (χ0n) is 23.9. The largest absolute Gasteiger partial charge is 0.481 e. The second-order valence-corrected chi connectivity index (χ2v) is 10.3. The van der Waals surface area contributed by atoms with Crippen LogP contribution in [0.5, 0.6) is 0 Å². The maximum absolute atomic E-state index is 12.2. The number of hydrogen-bond donors (Lipinski definition) is 6. The molecule has 0 bridgehead atoms. The first-order valence-electron chi connectivity index (χ1n) is 14.1. The van der Waals surface area contributed by atoms with Gasteiger partial charge in [-0.15, -0.1) is 0 Å². The standard InChI is InChI=1S/C25H31NO6.C6H12O4/c1-18(25(31)32-15-5-14-27)16-22(26-23(28)12-13-24(29)30)17-19-8-10-21(11-9-19)20-6-3-2-4-7-20;7-2-6-5(9)1-4(8)3-10-6/h2-4,6-11,18,22,27H,5,12-17H2,1H3,(H,26,28)(H,29,30);4-9H,1-3H2/t18?,22-;4?,5?,6-/m01/s1. The minimum atomic E-state index is -1.03. The van der Waals surface area contributed by atoms with Crippen LogP contribution in [0.15, 0.2) is 54.6 Å². The molecule has 3 rings (SSSR count). The number of ether oxygens (including phenoxy) is 2. The lowest BCUT2D eigenvalue weighted by molar-refractivity contribution is -0.148. The van der Waals surface area contributed by atoms with E-state index in [1.165, 1.54) is 0 Å². The predicted molar refractivity (Wildman–Crippen MR) is 154 cm³/mol. The number of carboxylic acid groups (broad SMARTS) is 1. The van der Waals surface area contributed by atoms with Gasteiger partial charge in [-0.25, -0.2) is 0 Å². The van der Waals surface area contributed by atoms with E-state index in [0.29, 0.717) is 25.7 Å². The third-order valence-electron chi connectivity index (χ3n) is 6.69. The SMILES string of the molecule is CC(C[C@@H](Cc1ccc(-c2ccccc2)cc1)NC(=O)CCC(=O)O)C(=O)OCCCO.OC[C@H]1OCC(O)CC1O. The molecular weight excluding hydrogens is 546 g/mol. The smallest absolute Gasteiger partial charge is 0.308 e. The number of esters is 1. The number of amides is 1. The Morgan fingerprint density at radius 3 is 2.26 bits per heavy atom. The molecule has 5 atom stereocenters. The van der Waals surface area contributed by atoms with E-state index in [2.05, 4.69) is 5.32 Å². The highest BCUT2D eigenvalue weighted by Gasteiger charge is 2.28. The fraction of sp³-hybridized carbons (Fsp3) is 0.516. The number of hydrogen-bond acceptors (Lipinski definition) is 9. The van der Waals surface area contributed by atoms with Gasteiger partial charge in [0, 0.05) is 31.9 Å². The van der Waals surface area contributed by atoms with E-state index in [0.717, 1.165) is 16.7 Å². The molecule has 3 unspecified atom stereocenters. The molecule has 6 N–H and O–H groups in total. The molecule has 1 heterocycles. The second-order valence-electron chi connectivity index (χ2n) is 10.3. The third kappa shape index (κ3) is 13.1. The molecule has 0 aromatic heterocycles. The summed E-state index contributed by atoms with van der Waals surface area (Å²) in [6.45, 7) is 1.85. The van der Waals surface area contributed by atoms with Crippen molar-refractivity contribution in [3.05, 3.63) is 60.2 Å². The van der Waals surface area contributed by atoms with Gasteiger partial charge in [0.1, 0.15) is 6.10 Å². The zero-order chi connectivity index (χ0) is 30.9. The zero-order valence-corrected chi connectivity index (χ0v) is 23.9. The van der Waals surface area contributed by atoms with Gasteiger partial charge < -0.3 is 40.3 Å². The molecule has 0 spiro atoms. The molecular formula is C31H43NO10. The van der Waals surface area contributed by atoms with Crippen molar-refractivity contribution >= 4 is 17.8 Å². The molecule has 1 saturated heterocycles. The molecule has 1 aliphatic rings. The van der Waals surface area contributed by atoms with Crippen LogP contribution in [-0.2, 0) is 30.3 Å². The van der Waals surface area contributed by atoms with E-state index in [1.54, 1.807) is 6.92 Å². The van der Waals surface area contributed by atoms with Crippen molar-refractivity contribution in [1.82, 2.24) is 5.32 Å². The molecule has 232 valence electrons. The molecule has 1 fully saturated rings. The fourth-order valence-electron chi connectivity index (χ4n) is 4.38. The Labute approximate surface area is 246 Å². The Balaban J connectivity index is 0.000000518. The van der Waals surface area contributed by atoms with Crippen molar-refractivity contribution in [2.24, 2.45) is 5.92 Å². The van der Waals surface area contributed by atoms with Crippen molar-refractivity contribution in [2.75, 3.05) is 26.4 Å². The van der Waals surface area contributed by atoms with Crippen LogP contribution < -0.4 is 5.32 Å². The summed E-state index contributed by atoms with van der Waals surface area (Å²) in [5, 5.41) is 47.1. The molecule has 42 heavy (non-hydrogen) atoms. The topological polar surface area (TPSA) is 183 Å². The second kappa shape index (κ2) is 19.0. The van der Waals surface area contributed by atoms with Crippen molar-refractivity contribution in [1.29, 1.82) is 0 Å². The van der Waals surface area contributed by atoms with E-state index in [9.17, 15) is 14.4 Å². The number of carbonyl (C=O) groups is 3. The fourth-order valence-corrected chi connectivity index (χ4v) is 4.38. The van der Waals surface area contributed by atoms with Crippen LogP contribution >= 0.6 is 0 Å². The van der Waals surface area contributed by atoms with Crippen molar-refractivity contribution in [3.63, 3.8) is 0 Å². The summed E-state index contributed by atoms with van der Waals surface area (Å²) in [6.07, 6.45) is -0.654. The normalized spacial score (nSPS) is 19.5. The molecule has 0 aliphatic carbocycles. The average molecular weight is 590 g/mol. The van der Waals surface area contributed by atoms with E-state index in [1.807, 2.05) is 54.6 Å². The highest BCUT2D eigenvalue weighted by atomic mass is 16.5. The van der Waals surface area contributed by atoms with Crippen molar-refractivity contribution < 1.29 is 49.4 Å². The van der Waals surface area contributed by atoms with Gasteiger partial charge in [-0.1, -0.05) is 61.5 Å². The quantitative estimate of drug-likeness (QED) is 0.140. The van der Waals surface area contributed by atoms with Gasteiger partial charge in [-0.2, -0.15) is 0 Å². The highest BCUT2D eigenvalue weighted by Crippen LogP contribution is 2.21. The molecule has 0 radical (unpaired) electrons. The summed E-state index contributed by atoms with van der Waals surface area (Å²) in [5.41, 5.74) is 3.18. The number of carboxylic acids is 1. The first-order valence-corrected chi connectivity index (χ1v) is 14.1. The van der Waals surface area contributed by atoms with Gasteiger partial charge in [0.05, 0.1) is 44.4 Å². The number of rotatable bonds is 14. The van der Waals surface area contributed by atoms with Gasteiger partial charge in [0.25, 0.3) is 0 Å². The van der Waals surface area contributed by atoms with Crippen LogP contribution in [-0.4, -0.2) is 94.2 Å². The van der Waals surface area contributed by atoms with E-state index in [4.69, 9.17) is 35.0 Å². The summed E-state index contributed by atoms with van der Waals surface area (Å²) < 4.78 is 10.1. The van der Waals surface area contributed by atoms with Crippen molar-refractivity contribution in [3.8, 4) is 11.1 Å². The molecule has 1 amide bonds. The first kappa shape index (κ1) is 34.8. The summed E-state index contributed by atoms with van der Waals surface area (Å²) in [7, 11) is 0. The molecule has 11 nitrogen and oxygen atoms in total. The molecule has 2 aromatic rings. The minimum Gasteiger partial charge on any atom is -0.481 e. The summed E-state index contributed by atoms with van der Waals surface area (Å²) in [6, 6.07) is 17.6. The first-order chi connectivity index (χ1) is 20.1. The van der Waals surface area contributed by atoms with E-state index >= 15 is 0 Å². The number of aliphatic hydroxyl groups excluding tert-OH is 4. The van der Waals surface area contributed by atoms with Crippen LogP contribution in [0, 0.1) is 5.92 Å². The molecule has 11 heteroatoms. The number of nitrogens with one attached hydrogen (secondary N) is 1. The van der Waals surface area contributed by atoms with E-state index in [-0.39, 0.29) is 57.2 Å². The van der Waals surface area contributed by atoms with Gasteiger partial charge >= 0.3 is 11.9 Å². The average Bonchev–Trinajstić information content (AvgIpc) is 2.97. The van der Waals surface area contributed by atoms with Crippen molar-refractivity contribution in [2.45, 2.75) is 69.8 Å². The van der Waals surface area contributed by atoms with Gasteiger partial charge in [-0.3, -0.25) is 14.4 Å². The maximum atomic E-state index is 12.2. The van der Waals surface area contributed by atoms with Crippen LogP contribution in [0.2, 0.25) is 0 Å². The van der Waals surface area contributed by atoms with E-state index < -0.39 is 30.2 Å². The molecule has 1 aliphatic heterocycles. The third-order valence-corrected chi connectivity index (χ3v) is 6.69. The van der Waals surface area contributed by atoms with Gasteiger partial charge in [0.15, 0.2) is 0 Å². The Morgan fingerprint density at radius 2 is 1.67 bits per heavy atom. The Hall–Kier alpha value is -3.35. The highest BCUT2D eigenvalue weighted by molar-refractivity contribution is 5.81. The van der Waals surface area contributed by atoms with Crippen LogP contribution in [0.3, 0.4) is 0 Å². The van der Waals surface area contributed by atoms with Crippen LogP contribution in [0.1, 0.15) is 44.6 Å². The number of aliphatic carboxylic acids is 1. The van der Waals surface area contributed by atoms with Gasteiger partial charge in [-0.05, 0) is 29.5 Å². The lowest BCUT2D eigenvalue weighted by Gasteiger charge is -2.29. The minimum absolute atomic E-state index is 0.0527. The number of aliphatic hydroxyl groups is 4. The maximum Gasteiger partial charge on any atom is 0.308 e. The Bertz CT molecular complexity index is 1080. The lowest BCUT2D eigenvalue weighted by Crippen LogP contribution is -2.42. The molecule has 0 saturated carbocycles. The number of carbonyl (C=O) groups excluding carboxylic acids is 2. The Morgan fingerprint density at radius 1 is 1.00 bits per heavy atom. The number of benzene rings is 2. The van der Waals surface area contributed by atoms with Gasteiger partial charge in [0.2, 0.25) is 5.91 Å². The lowest BCUT2D eigenvalue weighted by atomic mass is 9.94. The van der Waals surface area contributed by atoms with Crippen LogP contribution in [0.4, 0.5) is 0 Å². The summed E-state index contributed by atoms with van der Waals surface area (Å²) in [5.74, 6) is -2.24. The predicted octanol–water partition coefficient (Wildman–Crippen LogP) is 1.69. The Kier molecular flexibility index (Phi) is 15.7. The summed E-state index contributed by atoms with van der Waals surface area (Å²) >= 11 is 0. The monoisotopic (exact) mass is 589 g/mol. The summed E-state index contributed by atoms with van der Waals surface area (Å²) in [4.78, 5) is 35.2. The molecule has 2 aromatic carbocycles.